The minimum atomic E-state index is -0.411. The molecule has 0 unspecified atom stereocenters. The van der Waals surface area contributed by atoms with Gasteiger partial charge in [0.05, 0.1) is 17.6 Å². The van der Waals surface area contributed by atoms with Crippen molar-refractivity contribution < 1.29 is 14.3 Å². The molecule has 2 aromatic rings. The van der Waals surface area contributed by atoms with Gasteiger partial charge in [0.2, 0.25) is 0 Å². The molecule has 1 N–H and O–H groups in total. The number of aryl methyl sites for hydroxylation is 1. The highest BCUT2D eigenvalue weighted by Crippen LogP contribution is 2.22. The number of benzene rings is 1. The number of hydrogen-bond acceptors (Lipinski definition) is 4. The molecule has 0 spiro atoms. The van der Waals surface area contributed by atoms with Gasteiger partial charge in [-0.3, -0.25) is 4.79 Å². The van der Waals surface area contributed by atoms with E-state index in [0.29, 0.717) is 21.7 Å². The van der Waals surface area contributed by atoms with Crippen molar-refractivity contribution >= 4 is 28.9 Å². The van der Waals surface area contributed by atoms with E-state index in [-0.39, 0.29) is 5.91 Å². The van der Waals surface area contributed by atoms with E-state index in [0.717, 1.165) is 5.56 Å². The third kappa shape index (κ3) is 2.72. The molecule has 1 aromatic carbocycles. The summed E-state index contributed by atoms with van der Waals surface area (Å²) in [5.41, 5.74) is 2.70. The molecule has 0 fully saturated rings. The molecule has 1 aromatic heterocycles. The molecule has 104 valence electrons. The van der Waals surface area contributed by atoms with Crippen molar-refractivity contribution in [1.82, 2.24) is 0 Å². The van der Waals surface area contributed by atoms with E-state index in [1.807, 2.05) is 18.4 Å². The molecule has 0 aliphatic rings. The van der Waals surface area contributed by atoms with Gasteiger partial charge in [0.25, 0.3) is 5.91 Å². The van der Waals surface area contributed by atoms with E-state index in [1.54, 1.807) is 25.1 Å². The Bertz CT molecular complexity index is 661. The summed E-state index contributed by atoms with van der Waals surface area (Å²) in [4.78, 5) is 24.5. The van der Waals surface area contributed by atoms with Crippen LogP contribution in [0.15, 0.2) is 29.6 Å². The van der Waals surface area contributed by atoms with Gasteiger partial charge in [0.1, 0.15) is 0 Å². The van der Waals surface area contributed by atoms with Crippen molar-refractivity contribution in [3.8, 4) is 0 Å². The lowest BCUT2D eigenvalue weighted by Crippen LogP contribution is -2.14. The van der Waals surface area contributed by atoms with Gasteiger partial charge >= 0.3 is 5.97 Å². The van der Waals surface area contributed by atoms with Crippen LogP contribution >= 0.6 is 11.3 Å². The second-order valence-corrected chi connectivity index (χ2v) is 5.27. The van der Waals surface area contributed by atoms with Crippen LogP contribution in [0.2, 0.25) is 0 Å². The van der Waals surface area contributed by atoms with E-state index in [1.165, 1.54) is 18.4 Å². The predicted octanol–water partition coefficient (Wildman–Crippen LogP) is 3.40. The molecule has 1 amide bonds. The summed E-state index contributed by atoms with van der Waals surface area (Å²) < 4.78 is 4.72. The highest BCUT2D eigenvalue weighted by atomic mass is 32.1. The SMILES string of the molecule is COC(=O)c1cccc(NC(=O)c2sccc2C)c1C. The van der Waals surface area contributed by atoms with Crippen LogP contribution in [0.5, 0.6) is 0 Å². The van der Waals surface area contributed by atoms with Crippen LogP contribution in [0.3, 0.4) is 0 Å². The molecule has 2 rings (SSSR count). The second kappa shape index (κ2) is 5.88. The standard InChI is InChI=1S/C15H15NO3S/c1-9-7-8-20-13(9)14(17)16-12-6-4-5-11(10(12)2)15(18)19-3/h4-8H,1-3H3,(H,16,17). The summed E-state index contributed by atoms with van der Waals surface area (Å²) in [7, 11) is 1.34. The highest BCUT2D eigenvalue weighted by Gasteiger charge is 2.15. The number of ether oxygens (including phenoxy) is 1. The summed E-state index contributed by atoms with van der Waals surface area (Å²) in [6.45, 7) is 3.67. The molecule has 20 heavy (non-hydrogen) atoms. The van der Waals surface area contributed by atoms with Gasteiger partial charge in [-0.2, -0.15) is 0 Å². The normalized spacial score (nSPS) is 10.2. The molecular weight excluding hydrogens is 274 g/mol. The first kappa shape index (κ1) is 14.3. The lowest BCUT2D eigenvalue weighted by molar-refractivity contribution is 0.0599. The summed E-state index contributed by atoms with van der Waals surface area (Å²) in [5, 5.41) is 4.71. The van der Waals surface area contributed by atoms with Crippen LogP contribution in [0, 0.1) is 13.8 Å². The van der Waals surface area contributed by atoms with Crippen LogP contribution in [0.4, 0.5) is 5.69 Å². The van der Waals surface area contributed by atoms with Crippen LogP contribution in [-0.4, -0.2) is 19.0 Å². The number of nitrogens with one attached hydrogen (secondary N) is 1. The monoisotopic (exact) mass is 289 g/mol. The Morgan fingerprint density at radius 3 is 2.55 bits per heavy atom. The number of hydrogen-bond donors (Lipinski definition) is 1. The molecule has 5 heteroatoms. The Labute approximate surface area is 121 Å². The maximum atomic E-state index is 12.2. The van der Waals surface area contributed by atoms with Gasteiger partial charge in [-0.15, -0.1) is 11.3 Å². The van der Waals surface area contributed by atoms with E-state index in [2.05, 4.69) is 5.32 Å². The molecule has 1 heterocycles. The van der Waals surface area contributed by atoms with Crippen LogP contribution in [0.1, 0.15) is 31.2 Å². The third-order valence-corrected chi connectivity index (χ3v) is 4.07. The highest BCUT2D eigenvalue weighted by molar-refractivity contribution is 7.12. The Kier molecular flexibility index (Phi) is 4.20. The van der Waals surface area contributed by atoms with E-state index >= 15 is 0 Å². The molecule has 4 nitrogen and oxygen atoms in total. The minimum Gasteiger partial charge on any atom is -0.465 e. The Morgan fingerprint density at radius 1 is 1.20 bits per heavy atom. The van der Waals surface area contributed by atoms with Crippen molar-refractivity contribution in [2.24, 2.45) is 0 Å². The molecule has 0 bridgehead atoms. The molecule has 0 saturated carbocycles. The van der Waals surface area contributed by atoms with Crippen molar-refractivity contribution in [3.05, 3.63) is 51.2 Å². The van der Waals surface area contributed by atoms with Gasteiger partial charge in [0.15, 0.2) is 0 Å². The fourth-order valence-electron chi connectivity index (χ4n) is 1.89. The predicted molar refractivity (Wildman–Crippen MR) is 79.5 cm³/mol. The average molecular weight is 289 g/mol. The first-order chi connectivity index (χ1) is 9.54. The van der Waals surface area contributed by atoms with E-state index in [4.69, 9.17) is 4.74 Å². The fraction of sp³-hybridized carbons (Fsp3) is 0.200. The Morgan fingerprint density at radius 2 is 1.95 bits per heavy atom. The molecular formula is C15H15NO3S. The zero-order chi connectivity index (χ0) is 14.7. The van der Waals surface area contributed by atoms with Crippen molar-refractivity contribution in [3.63, 3.8) is 0 Å². The number of esters is 1. The minimum absolute atomic E-state index is 0.164. The number of anilines is 1. The largest absolute Gasteiger partial charge is 0.465 e. The third-order valence-electron chi connectivity index (χ3n) is 3.06. The van der Waals surface area contributed by atoms with Crippen molar-refractivity contribution in [2.45, 2.75) is 13.8 Å². The quantitative estimate of drug-likeness (QED) is 0.881. The average Bonchev–Trinajstić information content (AvgIpc) is 2.86. The summed E-state index contributed by atoms with van der Waals surface area (Å²) in [6, 6.07) is 7.06. The lowest BCUT2D eigenvalue weighted by atomic mass is 10.1. The maximum absolute atomic E-state index is 12.2. The molecule has 0 atom stereocenters. The van der Waals surface area contributed by atoms with E-state index < -0.39 is 5.97 Å². The molecule has 0 aliphatic carbocycles. The number of thiophene rings is 1. The smallest absolute Gasteiger partial charge is 0.338 e. The zero-order valence-corrected chi connectivity index (χ0v) is 12.3. The van der Waals surface area contributed by atoms with Gasteiger partial charge < -0.3 is 10.1 Å². The van der Waals surface area contributed by atoms with Crippen LogP contribution < -0.4 is 5.32 Å². The number of methoxy groups -OCH3 is 1. The number of rotatable bonds is 3. The fourth-order valence-corrected chi connectivity index (χ4v) is 2.71. The molecule has 0 saturated heterocycles. The summed E-state index contributed by atoms with van der Waals surface area (Å²) in [5.74, 6) is -0.575. The van der Waals surface area contributed by atoms with Gasteiger partial charge in [-0.05, 0) is 48.6 Å². The number of amides is 1. The Balaban J connectivity index is 2.29. The van der Waals surface area contributed by atoms with Gasteiger partial charge in [-0.25, -0.2) is 4.79 Å². The maximum Gasteiger partial charge on any atom is 0.338 e. The van der Waals surface area contributed by atoms with Crippen LogP contribution in [-0.2, 0) is 4.74 Å². The lowest BCUT2D eigenvalue weighted by Gasteiger charge is -2.11. The van der Waals surface area contributed by atoms with Crippen molar-refractivity contribution in [1.29, 1.82) is 0 Å². The van der Waals surface area contributed by atoms with Gasteiger partial charge in [0, 0.05) is 5.69 Å². The van der Waals surface area contributed by atoms with Crippen molar-refractivity contribution in [2.75, 3.05) is 12.4 Å². The van der Waals surface area contributed by atoms with Gasteiger partial charge in [-0.1, -0.05) is 6.07 Å². The molecule has 0 radical (unpaired) electrons. The number of carbonyl (C=O) groups is 2. The summed E-state index contributed by atoms with van der Waals surface area (Å²) in [6.07, 6.45) is 0. The Hall–Kier alpha value is -2.14. The van der Waals surface area contributed by atoms with Crippen LogP contribution in [0.25, 0.3) is 0 Å². The first-order valence-corrected chi connectivity index (χ1v) is 6.96. The van der Waals surface area contributed by atoms with E-state index in [9.17, 15) is 9.59 Å². The molecule has 0 aliphatic heterocycles. The first-order valence-electron chi connectivity index (χ1n) is 6.08. The second-order valence-electron chi connectivity index (χ2n) is 4.36. The summed E-state index contributed by atoms with van der Waals surface area (Å²) >= 11 is 1.39. The number of carbonyl (C=O) groups excluding carboxylic acids is 2. The zero-order valence-electron chi connectivity index (χ0n) is 11.5. The topological polar surface area (TPSA) is 55.4 Å².